The van der Waals surface area contributed by atoms with Crippen molar-refractivity contribution in [1.29, 1.82) is 0 Å². The van der Waals surface area contributed by atoms with Crippen molar-refractivity contribution in [2.24, 2.45) is 11.7 Å². The van der Waals surface area contributed by atoms with Crippen LogP contribution in [0.1, 0.15) is 26.7 Å². The molecule has 4 N–H and O–H groups in total. The molecule has 0 bridgehead atoms. The molecule has 1 heterocycles. The fourth-order valence-corrected chi connectivity index (χ4v) is 1.46. The van der Waals surface area contributed by atoms with E-state index in [-0.39, 0.29) is 6.04 Å². The van der Waals surface area contributed by atoms with Crippen LogP contribution in [-0.4, -0.2) is 29.8 Å². The zero-order valence-corrected chi connectivity index (χ0v) is 8.01. The molecule has 1 fully saturated rings. The highest BCUT2D eigenvalue weighted by atomic mass is 16.3. The second kappa shape index (κ2) is 3.73. The molecule has 0 aromatic rings. The van der Waals surface area contributed by atoms with Crippen molar-refractivity contribution in [3.63, 3.8) is 0 Å². The highest BCUT2D eigenvalue weighted by Crippen LogP contribution is 2.20. The molecule has 0 spiro atoms. The predicted octanol–water partition coefficient (Wildman–Crippen LogP) is 0.0842. The third kappa shape index (κ3) is 1.97. The number of nitrogens with two attached hydrogens (primary N) is 1. The number of nitrogens with one attached hydrogen (secondary N) is 1. The zero-order valence-electron chi connectivity index (χ0n) is 8.01. The van der Waals surface area contributed by atoms with E-state index in [1.165, 1.54) is 0 Å². The molecule has 0 aromatic heterocycles. The van der Waals surface area contributed by atoms with Gasteiger partial charge in [0, 0.05) is 19.1 Å². The summed E-state index contributed by atoms with van der Waals surface area (Å²) in [6.45, 7) is 5.64. The highest BCUT2D eigenvalue weighted by Gasteiger charge is 2.40. The van der Waals surface area contributed by atoms with E-state index in [1.807, 2.05) is 0 Å². The van der Waals surface area contributed by atoms with Gasteiger partial charge < -0.3 is 16.2 Å². The summed E-state index contributed by atoms with van der Waals surface area (Å²) in [4.78, 5) is 0. The lowest BCUT2D eigenvalue weighted by Gasteiger charge is -2.43. The van der Waals surface area contributed by atoms with E-state index in [9.17, 15) is 5.11 Å². The maximum atomic E-state index is 9.84. The topological polar surface area (TPSA) is 58.3 Å². The first-order chi connectivity index (χ1) is 5.58. The molecule has 2 unspecified atom stereocenters. The molecule has 72 valence electrons. The molecule has 0 aliphatic carbocycles. The minimum atomic E-state index is -0.622. The Kier molecular flexibility index (Phi) is 3.09. The molecule has 3 nitrogen and oxygen atoms in total. The van der Waals surface area contributed by atoms with Crippen LogP contribution in [0.2, 0.25) is 0 Å². The molecule has 0 radical (unpaired) electrons. The summed E-state index contributed by atoms with van der Waals surface area (Å²) in [6.07, 6.45) is 2.06. The van der Waals surface area contributed by atoms with Gasteiger partial charge in [0.05, 0.1) is 0 Å². The van der Waals surface area contributed by atoms with E-state index in [2.05, 4.69) is 19.2 Å². The Labute approximate surface area is 74.3 Å². The van der Waals surface area contributed by atoms with Crippen LogP contribution in [0.4, 0.5) is 0 Å². The first-order valence-electron chi connectivity index (χ1n) is 4.77. The fraction of sp³-hybridized carbons (Fsp3) is 1.00. The molecule has 0 amide bonds. The summed E-state index contributed by atoms with van der Waals surface area (Å²) in [6, 6.07) is -0.0614. The highest BCUT2D eigenvalue weighted by molar-refractivity contribution is 5.00. The molecule has 1 saturated heterocycles. The van der Waals surface area contributed by atoms with Gasteiger partial charge in [0.15, 0.2) is 0 Å². The summed E-state index contributed by atoms with van der Waals surface area (Å²) >= 11 is 0. The van der Waals surface area contributed by atoms with Gasteiger partial charge in [-0.2, -0.15) is 0 Å². The normalized spacial score (nSPS) is 26.0. The molecule has 1 aliphatic heterocycles. The SMILES string of the molecule is CCC(C)CC(N)C1(O)CNC1. The van der Waals surface area contributed by atoms with Gasteiger partial charge >= 0.3 is 0 Å². The molecule has 0 aromatic carbocycles. The van der Waals surface area contributed by atoms with Crippen LogP contribution in [0.5, 0.6) is 0 Å². The van der Waals surface area contributed by atoms with Gasteiger partial charge in [-0.3, -0.25) is 0 Å². The standard InChI is InChI=1S/C9H20N2O/c1-3-7(2)4-8(10)9(12)5-11-6-9/h7-8,11-12H,3-6,10H2,1-2H3. The minimum Gasteiger partial charge on any atom is -0.386 e. The smallest absolute Gasteiger partial charge is 0.104 e. The van der Waals surface area contributed by atoms with Crippen LogP contribution in [0, 0.1) is 5.92 Å². The quantitative estimate of drug-likeness (QED) is 0.563. The van der Waals surface area contributed by atoms with Gasteiger partial charge in [-0.05, 0) is 12.3 Å². The van der Waals surface area contributed by atoms with Crippen molar-refractivity contribution in [2.45, 2.75) is 38.3 Å². The number of aliphatic hydroxyl groups is 1. The number of hydrogen-bond donors (Lipinski definition) is 3. The van der Waals surface area contributed by atoms with E-state index >= 15 is 0 Å². The average molecular weight is 172 g/mol. The van der Waals surface area contributed by atoms with Gasteiger partial charge in [-0.25, -0.2) is 0 Å². The van der Waals surface area contributed by atoms with E-state index in [1.54, 1.807) is 0 Å². The van der Waals surface area contributed by atoms with E-state index in [0.717, 1.165) is 12.8 Å². The van der Waals surface area contributed by atoms with Crippen molar-refractivity contribution in [1.82, 2.24) is 5.32 Å². The lowest BCUT2D eigenvalue weighted by Crippen LogP contribution is -2.68. The Morgan fingerprint density at radius 2 is 2.17 bits per heavy atom. The lowest BCUT2D eigenvalue weighted by atomic mass is 9.83. The van der Waals surface area contributed by atoms with Crippen molar-refractivity contribution in [3.05, 3.63) is 0 Å². The predicted molar refractivity (Wildman–Crippen MR) is 49.9 cm³/mol. The Bertz CT molecular complexity index is 145. The Morgan fingerprint density at radius 3 is 2.50 bits per heavy atom. The first kappa shape index (κ1) is 9.96. The van der Waals surface area contributed by atoms with Crippen LogP contribution >= 0.6 is 0 Å². The summed E-state index contributed by atoms with van der Waals surface area (Å²) < 4.78 is 0. The van der Waals surface area contributed by atoms with Gasteiger partial charge in [0.25, 0.3) is 0 Å². The minimum absolute atomic E-state index is 0.0614. The van der Waals surface area contributed by atoms with E-state index in [0.29, 0.717) is 19.0 Å². The third-order valence-electron chi connectivity index (χ3n) is 2.91. The Balaban J connectivity index is 2.31. The largest absolute Gasteiger partial charge is 0.386 e. The van der Waals surface area contributed by atoms with Gasteiger partial charge in [-0.15, -0.1) is 0 Å². The monoisotopic (exact) mass is 172 g/mol. The number of rotatable bonds is 4. The van der Waals surface area contributed by atoms with E-state index < -0.39 is 5.60 Å². The molecule has 1 rings (SSSR count). The second-order valence-corrected chi connectivity index (χ2v) is 4.06. The van der Waals surface area contributed by atoms with E-state index in [4.69, 9.17) is 5.73 Å². The lowest BCUT2D eigenvalue weighted by molar-refractivity contribution is -0.0376. The van der Waals surface area contributed by atoms with Crippen LogP contribution < -0.4 is 11.1 Å². The number of hydrogen-bond acceptors (Lipinski definition) is 3. The second-order valence-electron chi connectivity index (χ2n) is 4.06. The summed E-state index contributed by atoms with van der Waals surface area (Å²) in [5.74, 6) is 0.615. The average Bonchev–Trinajstić information content (AvgIpc) is 1.99. The molecular weight excluding hydrogens is 152 g/mol. The van der Waals surface area contributed by atoms with Crippen LogP contribution in [-0.2, 0) is 0 Å². The zero-order chi connectivity index (χ0) is 9.19. The molecule has 0 saturated carbocycles. The van der Waals surface area contributed by atoms with Crippen molar-refractivity contribution in [2.75, 3.05) is 13.1 Å². The maximum absolute atomic E-state index is 9.84. The van der Waals surface area contributed by atoms with Crippen LogP contribution in [0.15, 0.2) is 0 Å². The van der Waals surface area contributed by atoms with Crippen molar-refractivity contribution < 1.29 is 5.11 Å². The van der Waals surface area contributed by atoms with Crippen molar-refractivity contribution in [3.8, 4) is 0 Å². The molecule has 2 atom stereocenters. The molecule has 12 heavy (non-hydrogen) atoms. The number of β-amino-alcohol motifs (C(OH)–C–C–N with tert-alkyl or cyclic N) is 1. The molecular formula is C9H20N2O. The Hall–Kier alpha value is -0.120. The van der Waals surface area contributed by atoms with Crippen LogP contribution in [0.3, 0.4) is 0 Å². The summed E-state index contributed by atoms with van der Waals surface area (Å²) in [5.41, 5.74) is 5.28. The molecule has 1 aliphatic rings. The third-order valence-corrected chi connectivity index (χ3v) is 2.91. The van der Waals surface area contributed by atoms with Gasteiger partial charge in [0.1, 0.15) is 5.60 Å². The van der Waals surface area contributed by atoms with Crippen LogP contribution in [0.25, 0.3) is 0 Å². The molecule has 3 heteroatoms. The summed E-state index contributed by atoms with van der Waals surface area (Å²) in [7, 11) is 0. The van der Waals surface area contributed by atoms with Crippen molar-refractivity contribution >= 4 is 0 Å². The fourth-order valence-electron chi connectivity index (χ4n) is 1.46. The van der Waals surface area contributed by atoms with Gasteiger partial charge in [-0.1, -0.05) is 20.3 Å². The first-order valence-corrected chi connectivity index (χ1v) is 4.77. The maximum Gasteiger partial charge on any atom is 0.104 e. The summed E-state index contributed by atoms with van der Waals surface area (Å²) in [5, 5.41) is 12.9. The Morgan fingerprint density at radius 1 is 1.58 bits per heavy atom. The van der Waals surface area contributed by atoms with Gasteiger partial charge in [0.2, 0.25) is 0 Å².